The number of rotatable bonds is 2. The fraction of sp³-hybridized carbons (Fsp3) is 0.182. The third kappa shape index (κ3) is 3.10. The van der Waals surface area contributed by atoms with Crippen molar-refractivity contribution in [1.29, 1.82) is 0 Å². The van der Waals surface area contributed by atoms with Crippen molar-refractivity contribution in [3.8, 4) is 0 Å². The van der Waals surface area contributed by atoms with Gasteiger partial charge in [-0.1, -0.05) is 11.6 Å². The molecule has 1 aromatic carbocycles. The number of carbonyl (C=O) groups excluding carboxylic acids is 1. The highest BCUT2D eigenvalue weighted by atomic mass is 35.5. The fourth-order valence-corrected chi connectivity index (χ4v) is 4.33. The van der Waals surface area contributed by atoms with Crippen LogP contribution in [0.1, 0.15) is 27.7 Å². The molecule has 1 aliphatic rings. The number of hydrogen-bond acceptors (Lipinski definition) is 3. The Hall–Kier alpha value is -3.23. The Morgan fingerprint density at radius 3 is 2.74 bits per heavy atom. The van der Waals surface area contributed by atoms with Crippen molar-refractivity contribution in [2.24, 2.45) is 0 Å². The molecule has 4 aromatic rings. The smallest absolute Gasteiger partial charge is 0.256 e. The van der Waals surface area contributed by atoms with E-state index in [1.165, 1.54) is 4.90 Å². The second-order valence-corrected chi connectivity index (χ2v) is 7.89. The summed E-state index contributed by atoms with van der Waals surface area (Å²) in [5.74, 6) is -2.47. The van der Waals surface area contributed by atoms with Crippen LogP contribution in [0.5, 0.6) is 0 Å². The van der Waals surface area contributed by atoms with Gasteiger partial charge in [0.1, 0.15) is 0 Å². The second kappa shape index (κ2) is 7.18. The zero-order valence-electron chi connectivity index (χ0n) is 16.3. The van der Waals surface area contributed by atoms with Crippen molar-refractivity contribution in [3.63, 3.8) is 0 Å². The highest BCUT2D eigenvalue weighted by Gasteiger charge is 2.31. The molecule has 3 aromatic heterocycles. The van der Waals surface area contributed by atoms with Gasteiger partial charge in [0.15, 0.2) is 11.6 Å². The number of aromatic amines is 1. The average molecular weight is 444 g/mol. The minimum Gasteiger partial charge on any atom is -0.373 e. The van der Waals surface area contributed by atoms with Crippen LogP contribution in [0, 0.1) is 11.6 Å². The van der Waals surface area contributed by atoms with Gasteiger partial charge in [-0.05, 0) is 35.7 Å². The maximum Gasteiger partial charge on any atom is 0.256 e. The lowest BCUT2D eigenvalue weighted by Crippen LogP contribution is -2.37. The second-order valence-electron chi connectivity index (χ2n) is 7.48. The Labute approximate surface area is 179 Å². The van der Waals surface area contributed by atoms with Crippen LogP contribution in [-0.2, 0) is 11.3 Å². The number of halogens is 3. The van der Waals surface area contributed by atoms with E-state index in [1.807, 2.05) is 0 Å². The van der Waals surface area contributed by atoms with E-state index in [-0.39, 0.29) is 29.9 Å². The van der Waals surface area contributed by atoms with E-state index in [2.05, 4.69) is 4.98 Å². The quantitative estimate of drug-likeness (QED) is 0.508. The first-order chi connectivity index (χ1) is 14.8. The van der Waals surface area contributed by atoms with Gasteiger partial charge in [0.25, 0.3) is 11.5 Å². The molecule has 158 valence electrons. The van der Waals surface area contributed by atoms with E-state index in [1.54, 1.807) is 42.0 Å². The van der Waals surface area contributed by atoms with Crippen LogP contribution in [0.3, 0.4) is 0 Å². The van der Waals surface area contributed by atoms with Crippen LogP contribution >= 0.6 is 11.6 Å². The highest BCUT2D eigenvalue weighted by Crippen LogP contribution is 2.34. The number of hydrogen-bond donors (Lipinski definition) is 1. The summed E-state index contributed by atoms with van der Waals surface area (Å²) in [5, 5.41) is 0.791. The fourth-order valence-electron chi connectivity index (χ4n) is 4.11. The molecule has 31 heavy (non-hydrogen) atoms. The third-order valence-electron chi connectivity index (χ3n) is 5.66. The number of carbonyl (C=O) groups is 1. The first-order valence-electron chi connectivity index (χ1n) is 9.50. The maximum atomic E-state index is 14.0. The van der Waals surface area contributed by atoms with Crippen LogP contribution in [0.2, 0.25) is 5.02 Å². The molecule has 1 N–H and O–H groups in total. The first kappa shape index (κ1) is 19.7. The zero-order chi connectivity index (χ0) is 21.9. The van der Waals surface area contributed by atoms with Gasteiger partial charge in [0.05, 0.1) is 40.7 Å². The van der Waals surface area contributed by atoms with Gasteiger partial charge in [-0.2, -0.15) is 0 Å². The Morgan fingerprint density at radius 1 is 1.26 bits per heavy atom. The van der Waals surface area contributed by atoms with Gasteiger partial charge >= 0.3 is 0 Å². The molecule has 4 heterocycles. The molecule has 9 heteroatoms. The summed E-state index contributed by atoms with van der Waals surface area (Å²) >= 11 is 6.21. The topological polar surface area (TPSA) is 66.8 Å². The monoisotopic (exact) mass is 443 g/mol. The Bertz CT molecular complexity index is 1430. The summed E-state index contributed by atoms with van der Waals surface area (Å²) in [4.78, 5) is 29.8. The minimum atomic E-state index is -1.11. The summed E-state index contributed by atoms with van der Waals surface area (Å²) in [6, 6.07) is 6.46. The van der Waals surface area contributed by atoms with Gasteiger partial charge in [-0.15, -0.1) is 0 Å². The molecule has 1 amide bonds. The van der Waals surface area contributed by atoms with E-state index in [0.717, 1.165) is 12.1 Å². The molecule has 0 bridgehead atoms. The van der Waals surface area contributed by atoms with Crippen molar-refractivity contribution in [1.82, 2.24) is 14.3 Å². The Balaban J connectivity index is 1.62. The number of aromatic nitrogens is 2. The number of ether oxygens (including phenoxy) is 1. The number of fused-ring (bicyclic) bond motifs is 4. The van der Waals surface area contributed by atoms with Gasteiger partial charge in [-0.3, -0.25) is 9.59 Å². The lowest BCUT2D eigenvalue weighted by atomic mass is 9.95. The van der Waals surface area contributed by atoms with Crippen LogP contribution in [0.25, 0.3) is 16.3 Å². The average Bonchev–Trinajstić information content (AvgIpc) is 3.19. The lowest BCUT2D eigenvalue weighted by Gasteiger charge is -2.33. The van der Waals surface area contributed by atoms with E-state index >= 15 is 0 Å². The molecule has 0 saturated carbocycles. The van der Waals surface area contributed by atoms with Crippen LogP contribution < -0.4 is 5.56 Å². The van der Waals surface area contributed by atoms with E-state index < -0.39 is 23.2 Å². The predicted molar refractivity (Wildman–Crippen MR) is 111 cm³/mol. The molecular formula is C22H16ClF2N3O3. The summed E-state index contributed by atoms with van der Waals surface area (Å²) < 4.78 is 35.2. The highest BCUT2D eigenvalue weighted by molar-refractivity contribution is 6.33. The summed E-state index contributed by atoms with van der Waals surface area (Å²) in [6.07, 6.45) is 3.46. The van der Waals surface area contributed by atoms with Crippen LogP contribution in [0.4, 0.5) is 8.78 Å². The number of pyridine rings is 2. The summed E-state index contributed by atoms with van der Waals surface area (Å²) in [7, 11) is 1.60. The van der Waals surface area contributed by atoms with Crippen molar-refractivity contribution in [3.05, 3.63) is 86.6 Å². The zero-order valence-corrected chi connectivity index (χ0v) is 17.0. The Morgan fingerprint density at radius 2 is 2.00 bits per heavy atom. The number of likely N-dealkylation sites (N-methyl/N-ethyl adjacent to an activating group) is 1. The maximum absolute atomic E-state index is 14.0. The van der Waals surface area contributed by atoms with E-state index in [9.17, 15) is 18.4 Å². The molecule has 1 aliphatic heterocycles. The Kier molecular flexibility index (Phi) is 4.56. The minimum absolute atomic E-state index is 0.0202. The first-order valence-corrected chi connectivity index (χ1v) is 9.88. The SMILES string of the molecule is CN(C(=O)c1cc2c(Cl)cccn2c1)C1COCc2[nH]c(=O)c3cc(F)c(F)cc3c21. The van der Waals surface area contributed by atoms with Crippen molar-refractivity contribution < 1.29 is 18.3 Å². The molecule has 0 spiro atoms. The standard InChI is InChI=1S/C22H16ClF2N3O3/c1-27(22(30)11-5-18-14(23)3-2-4-28(18)8-11)19-10-31-9-17-20(19)12-6-15(24)16(25)7-13(12)21(29)26-17/h2-8,19H,9-10H2,1H3,(H,26,29). The molecule has 0 aliphatic carbocycles. The largest absolute Gasteiger partial charge is 0.373 e. The van der Waals surface area contributed by atoms with E-state index in [0.29, 0.717) is 27.4 Å². The predicted octanol–water partition coefficient (Wildman–Crippen LogP) is 4.06. The normalized spacial score (nSPS) is 15.9. The molecule has 6 nitrogen and oxygen atoms in total. The molecule has 5 rings (SSSR count). The molecule has 1 unspecified atom stereocenters. The van der Waals surface area contributed by atoms with Crippen molar-refractivity contribution >= 4 is 33.8 Å². The van der Waals surface area contributed by atoms with Crippen molar-refractivity contribution in [2.45, 2.75) is 12.6 Å². The molecular weight excluding hydrogens is 428 g/mol. The lowest BCUT2D eigenvalue weighted by molar-refractivity contribution is 0.0336. The van der Waals surface area contributed by atoms with Gasteiger partial charge < -0.3 is 19.0 Å². The van der Waals surface area contributed by atoms with E-state index in [4.69, 9.17) is 16.3 Å². The molecule has 0 radical (unpaired) electrons. The van der Waals surface area contributed by atoms with Gasteiger partial charge in [0.2, 0.25) is 0 Å². The van der Waals surface area contributed by atoms with Gasteiger partial charge in [-0.25, -0.2) is 8.78 Å². The molecule has 0 fully saturated rings. The number of nitrogens with one attached hydrogen (secondary N) is 1. The number of amides is 1. The van der Waals surface area contributed by atoms with Crippen molar-refractivity contribution in [2.75, 3.05) is 13.7 Å². The molecule has 0 saturated heterocycles. The number of nitrogens with zero attached hydrogens (tertiary/aromatic N) is 2. The third-order valence-corrected chi connectivity index (χ3v) is 5.98. The number of benzene rings is 1. The van der Waals surface area contributed by atoms with Gasteiger partial charge in [0, 0.05) is 30.7 Å². The summed E-state index contributed by atoms with van der Waals surface area (Å²) in [5.41, 5.74) is 1.53. The number of H-pyrrole nitrogens is 1. The van der Waals surface area contributed by atoms with Crippen LogP contribution in [0.15, 0.2) is 47.5 Å². The van der Waals surface area contributed by atoms with Crippen LogP contribution in [-0.4, -0.2) is 33.8 Å². The molecule has 1 atom stereocenters. The summed E-state index contributed by atoms with van der Waals surface area (Å²) in [6.45, 7) is 0.243.